The fourth-order valence-electron chi connectivity index (χ4n) is 1.25. The molecule has 3 nitrogen and oxygen atoms in total. The van der Waals surface area contributed by atoms with Gasteiger partial charge < -0.3 is 9.84 Å². The molecule has 0 aromatic heterocycles. The van der Waals surface area contributed by atoms with Crippen molar-refractivity contribution in [1.82, 2.24) is 0 Å². The van der Waals surface area contributed by atoms with Gasteiger partial charge in [0.2, 0.25) is 0 Å². The van der Waals surface area contributed by atoms with Crippen molar-refractivity contribution in [1.29, 1.82) is 0 Å². The molecule has 1 aromatic rings. The average molecular weight is 194 g/mol. The van der Waals surface area contributed by atoms with Crippen molar-refractivity contribution in [3.63, 3.8) is 0 Å². The second-order valence-electron chi connectivity index (χ2n) is 2.92. The monoisotopic (exact) mass is 194 g/mol. The molecule has 76 valence electrons. The SMILES string of the molecule is CCOc1ccc(CC)cc1C(=O)O. The maximum absolute atomic E-state index is 10.9. The van der Waals surface area contributed by atoms with Gasteiger partial charge >= 0.3 is 5.97 Å². The molecule has 0 saturated carbocycles. The van der Waals surface area contributed by atoms with Crippen LogP contribution in [0.15, 0.2) is 18.2 Å². The zero-order valence-corrected chi connectivity index (χ0v) is 8.41. The van der Waals surface area contributed by atoms with Crippen molar-refractivity contribution >= 4 is 5.97 Å². The van der Waals surface area contributed by atoms with Gasteiger partial charge in [-0.2, -0.15) is 0 Å². The second kappa shape index (κ2) is 4.65. The summed E-state index contributed by atoms with van der Waals surface area (Å²) in [4.78, 5) is 10.9. The third kappa shape index (κ3) is 2.25. The topological polar surface area (TPSA) is 46.5 Å². The summed E-state index contributed by atoms with van der Waals surface area (Å²) in [5.74, 6) is -0.499. The van der Waals surface area contributed by atoms with Gasteiger partial charge in [0, 0.05) is 0 Å². The fourth-order valence-corrected chi connectivity index (χ4v) is 1.25. The van der Waals surface area contributed by atoms with E-state index in [2.05, 4.69) is 0 Å². The molecule has 0 amide bonds. The van der Waals surface area contributed by atoms with Crippen LogP contribution in [-0.2, 0) is 6.42 Å². The minimum Gasteiger partial charge on any atom is -0.493 e. The van der Waals surface area contributed by atoms with Crippen molar-refractivity contribution < 1.29 is 14.6 Å². The van der Waals surface area contributed by atoms with E-state index < -0.39 is 5.97 Å². The third-order valence-corrected chi connectivity index (χ3v) is 1.98. The van der Waals surface area contributed by atoms with E-state index in [1.165, 1.54) is 0 Å². The van der Waals surface area contributed by atoms with E-state index in [-0.39, 0.29) is 5.56 Å². The van der Waals surface area contributed by atoms with Gasteiger partial charge in [-0.3, -0.25) is 0 Å². The van der Waals surface area contributed by atoms with Crippen LogP contribution in [0.4, 0.5) is 0 Å². The summed E-state index contributed by atoms with van der Waals surface area (Å²) < 4.78 is 5.22. The maximum Gasteiger partial charge on any atom is 0.339 e. The van der Waals surface area contributed by atoms with Crippen molar-refractivity contribution in [3.8, 4) is 5.75 Å². The van der Waals surface area contributed by atoms with Crippen molar-refractivity contribution in [2.24, 2.45) is 0 Å². The lowest BCUT2D eigenvalue weighted by molar-refractivity contribution is 0.0692. The highest BCUT2D eigenvalue weighted by molar-refractivity contribution is 5.91. The molecule has 0 aliphatic heterocycles. The molecule has 0 atom stereocenters. The highest BCUT2D eigenvalue weighted by Crippen LogP contribution is 2.20. The Hall–Kier alpha value is -1.51. The minimum absolute atomic E-state index is 0.242. The molecule has 0 saturated heterocycles. The van der Waals surface area contributed by atoms with Gasteiger partial charge in [-0.05, 0) is 31.0 Å². The summed E-state index contributed by atoms with van der Waals surface area (Å²) in [5.41, 5.74) is 1.25. The molecule has 0 fully saturated rings. The molecule has 0 spiro atoms. The molecule has 1 N–H and O–H groups in total. The first-order valence-corrected chi connectivity index (χ1v) is 4.68. The fraction of sp³-hybridized carbons (Fsp3) is 0.364. The van der Waals surface area contributed by atoms with E-state index in [9.17, 15) is 4.79 Å². The van der Waals surface area contributed by atoms with Crippen LogP contribution >= 0.6 is 0 Å². The van der Waals surface area contributed by atoms with E-state index in [1.807, 2.05) is 19.9 Å². The third-order valence-electron chi connectivity index (χ3n) is 1.98. The van der Waals surface area contributed by atoms with Gasteiger partial charge in [0.15, 0.2) is 0 Å². The Balaban J connectivity index is 3.10. The molecule has 0 unspecified atom stereocenters. The zero-order valence-electron chi connectivity index (χ0n) is 8.41. The van der Waals surface area contributed by atoms with Gasteiger partial charge in [-0.1, -0.05) is 13.0 Å². The number of benzene rings is 1. The molecule has 0 heterocycles. The zero-order chi connectivity index (χ0) is 10.6. The quantitative estimate of drug-likeness (QED) is 0.800. The predicted molar refractivity (Wildman–Crippen MR) is 53.9 cm³/mol. The molecule has 0 bridgehead atoms. The molecule has 1 rings (SSSR count). The van der Waals surface area contributed by atoms with E-state index in [0.29, 0.717) is 12.4 Å². The van der Waals surface area contributed by atoms with Crippen LogP contribution in [0.25, 0.3) is 0 Å². The summed E-state index contributed by atoms with van der Waals surface area (Å²) in [6.45, 7) is 4.30. The van der Waals surface area contributed by atoms with Crippen LogP contribution in [0.2, 0.25) is 0 Å². The number of aryl methyl sites for hydroxylation is 1. The number of aromatic carboxylic acids is 1. The lowest BCUT2D eigenvalue weighted by atomic mass is 10.1. The van der Waals surface area contributed by atoms with Gasteiger partial charge in [-0.15, -0.1) is 0 Å². The number of rotatable bonds is 4. The van der Waals surface area contributed by atoms with Crippen LogP contribution in [0.3, 0.4) is 0 Å². The highest BCUT2D eigenvalue weighted by atomic mass is 16.5. The Bertz CT molecular complexity index is 331. The molecule has 14 heavy (non-hydrogen) atoms. The summed E-state index contributed by atoms with van der Waals surface area (Å²) in [7, 11) is 0. The maximum atomic E-state index is 10.9. The van der Waals surface area contributed by atoms with E-state index >= 15 is 0 Å². The first-order valence-electron chi connectivity index (χ1n) is 4.68. The summed E-state index contributed by atoms with van der Waals surface area (Å²) in [6, 6.07) is 5.26. The predicted octanol–water partition coefficient (Wildman–Crippen LogP) is 2.35. The molecular formula is C11H14O3. The van der Waals surface area contributed by atoms with Crippen molar-refractivity contribution in [2.75, 3.05) is 6.61 Å². The summed E-state index contributed by atoms with van der Waals surface area (Å²) >= 11 is 0. The number of ether oxygens (including phenoxy) is 1. The van der Waals surface area contributed by atoms with Crippen molar-refractivity contribution in [2.45, 2.75) is 20.3 Å². The van der Waals surface area contributed by atoms with Crippen LogP contribution in [-0.4, -0.2) is 17.7 Å². The van der Waals surface area contributed by atoms with Gasteiger partial charge in [0.1, 0.15) is 11.3 Å². The standard InChI is InChI=1S/C11H14O3/c1-3-8-5-6-10(14-4-2)9(7-8)11(12)13/h5-7H,3-4H2,1-2H3,(H,12,13). The number of carboxylic acids is 1. The second-order valence-corrected chi connectivity index (χ2v) is 2.92. The molecule has 1 aromatic carbocycles. The molecule has 0 radical (unpaired) electrons. The Labute approximate surface area is 83.3 Å². The Kier molecular flexibility index (Phi) is 3.51. The Morgan fingerprint density at radius 3 is 2.64 bits per heavy atom. The van der Waals surface area contributed by atoms with Gasteiger partial charge in [0.05, 0.1) is 6.61 Å². The van der Waals surface area contributed by atoms with E-state index in [1.54, 1.807) is 12.1 Å². The molecular weight excluding hydrogens is 180 g/mol. The first kappa shape index (κ1) is 10.6. The van der Waals surface area contributed by atoms with Gasteiger partial charge in [0.25, 0.3) is 0 Å². The van der Waals surface area contributed by atoms with Gasteiger partial charge in [-0.25, -0.2) is 4.79 Å². The first-order chi connectivity index (χ1) is 6.69. The minimum atomic E-state index is -0.941. The lowest BCUT2D eigenvalue weighted by Crippen LogP contribution is -2.03. The molecule has 0 aliphatic rings. The van der Waals surface area contributed by atoms with Crippen LogP contribution in [0, 0.1) is 0 Å². The Morgan fingerprint density at radius 1 is 1.43 bits per heavy atom. The number of hydrogen-bond acceptors (Lipinski definition) is 2. The van der Waals surface area contributed by atoms with E-state index in [4.69, 9.17) is 9.84 Å². The normalized spacial score (nSPS) is 9.86. The number of hydrogen-bond donors (Lipinski definition) is 1. The van der Waals surface area contributed by atoms with Crippen LogP contribution in [0.5, 0.6) is 5.75 Å². The Morgan fingerprint density at radius 2 is 2.14 bits per heavy atom. The smallest absolute Gasteiger partial charge is 0.339 e. The van der Waals surface area contributed by atoms with E-state index in [0.717, 1.165) is 12.0 Å². The van der Waals surface area contributed by atoms with Crippen LogP contribution < -0.4 is 4.74 Å². The largest absolute Gasteiger partial charge is 0.493 e. The van der Waals surface area contributed by atoms with Crippen LogP contribution in [0.1, 0.15) is 29.8 Å². The summed E-state index contributed by atoms with van der Waals surface area (Å²) in [6.07, 6.45) is 0.826. The lowest BCUT2D eigenvalue weighted by Gasteiger charge is -2.08. The number of carboxylic acid groups (broad SMARTS) is 1. The number of carbonyl (C=O) groups is 1. The summed E-state index contributed by atoms with van der Waals surface area (Å²) in [5, 5.41) is 8.93. The average Bonchev–Trinajstić information content (AvgIpc) is 2.18. The molecule has 3 heteroatoms. The molecule has 0 aliphatic carbocycles. The highest BCUT2D eigenvalue weighted by Gasteiger charge is 2.11. The van der Waals surface area contributed by atoms with Crippen molar-refractivity contribution in [3.05, 3.63) is 29.3 Å².